The van der Waals surface area contributed by atoms with Gasteiger partial charge in [-0.05, 0) is 43.3 Å². The van der Waals surface area contributed by atoms with Gasteiger partial charge in [0, 0.05) is 15.1 Å². The van der Waals surface area contributed by atoms with E-state index in [0.717, 1.165) is 15.6 Å². The van der Waals surface area contributed by atoms with E-state index in [2.05, 4.69) is 21.2 Å². The minimum absolute atomic E-state index is 0.216. The molecule has 0 bridgehead atoms. The first-order valence-corrected chi connectivity index (χ1v) is 7.08. The third-order valence-corrected chi connectivity index (χ3v) is 3.95. The first kappa shape index (κ1) is 14.5. The number of halogens is 3. The molecule has 0 saturated heterocycles. The van der Waals surface area contributed by atoms with Crippen LogP contribution in [-0.2, 0) is 0 Å². The van der Waals surface area contributed by atoms with Crippen LogP contribution in [0.2, 0.25) is 5.02 Å². The minimum atomic E-state index is -0.306. The van der Waals surface area contributed by atoms with Crippen LogP contribution in [0.3, 0.4) is 0 Å². The van der Waals surface area contributed by atoms with E-state index in [4.69, 9.17) is 11.6 Å². The fourth-order valence-electron chi connectivity index (χ4n) is 2.08. The average molecular weight is 343 g/mol. The number of nitrogens with one attached hydrogen (secondary N) is 1. The van der Waals surface area contributed by atoms with Crippen LogP contribution in [0.15, 0.2) is 40.9 Å². The van der Waals surface area contributed by atoms with E-state index < -0.39 is 0 Å². The lowest BCUT2D eigenvalue weighted by atomic mass is 9.97. The van der Waals surface area contributed by atoms with Crippen molar-refractivity contribution in [1.29, 1.82) is 0 Å². The normalized spacial score (nSPS) is 12.5. The van der Waals surface area contributed by atoms with Gasteiger partial charge in [-0.15, -0.1) is 0 Å². The summed E-state index contributed by atoms with van der Waals surface area (Å²) >= 11 is 9.33. The van der Waals surface area contributed by atoms with E-state index in [9.17, 15) is 4.39 Å². The predicted molar refractivity (Wildman–Crippen MR) is 81.2 cm³/mol. The van der Waals surface area contributed by atoms with Crippen molar-refractivity contribution in [2.45, 2.75) is 13.0 Å². The number of aryl methyl sites for hydroxylation is 1. The van der Waals surface area contributed by atoms with Crippen molar-refractivity contribution in [3.63, 3.8) is 0 Å². The zero-order valence-corrected chi connectivity index (χ0v) is 13.0. The maximum atomic E-state index is 14.0. The third kappa shape index (κ3) is 3.16. The van der Waals surface area contributed by atoms with Gasteiger partial charge in [-0.25, -0.2) is 4.39 Å². The molecule has 1 N–H and O–H groups in total. The predicted octanol–water partition coefficient (Wildman–Crippen LogP) is 4.86. The maximum Gasteiger partial charge on any atom is 0.129 e. The molecule has 1 nitrogen and oxygen atoms in total. The van der Waals surface area contributed by atoms with Gasteiger partial charge in [-0.2, -0.15) is 0 Å². The van der Waals surface area contributed by atoms with Gasteiger partial charge >= 0.3 is 0 Å². The first-order chi connectivity index (χ1) is 9.02. The molecule has 2 aromatic rings. The zero-order valence-electron chi connectivity index (χ0n) is 10.7. The molecule has 0 saturated carbocycles. The Hall–Kier alpha value is -0.900. The summed E-state index contributed by atoms with van der Waals surface area (Å²) in [6.45, 7) is 2.02. The van der Waals surface area contributed by atoms with Crippen molar-refractivity contribution < 1.29 is 4.39 Å². The lowest BCUT2D eigenvalue weighted by Gasteiger charge is -2.20. The van der Waals surface area contributed by atoms with Gasteiger partial charge in [0.15, 0.2) is 0 Å². The molecule has 0 aliphatic rings. The fourth-order valence-corrected chi connectivity index (χ4v) is 2.96. The highest BCUT2D eigenvalue weighted by atomic mass is 79.9. The topological polar surface area (TPSA) is 12.0 Å². The fraction of sp³-hybridized carbons (Fsp3) is 0.200. The highest BCUT2D eigenvalue weighted by Crippen LogP contribution is 2.31. The molecule has 1 unspecified atom stereocenters. The molecule has 2 rings (SSSR count). The van der Waals surface area contributed by atoms with Gasteiger partial charge in [0.25, 0.3) is 0 Å². The van der Waals surface area contributed by atoms with Crippen LogP contribution in [0.4, 0.5) is 4.39 Å². The van der Waals surface area contributed by atoms with Crippen LogP contribution < -0.4 is 5.32 Å². The van der Waals surface area contributed by atoms with Gasteiger partial charge in [-0.3, -0.25) is 0 Å². The van der Waals surface area contributed by atoms with Crippen molar-refractivity contribution in [3.05, 3.63) is 68.4 Å². The van der Waals surface area contributed by atoms with E-state index in [-0.39, 0.29) is 11.9 Å². The SMILES string of the molecule is CNC(c1ccc(Cl)cc1F)c1ccc(C)cc1Br. The third-order valence-electron chi connectivity index (χ3n) is 3.03. The van der Waals surface area contributed by atoms with Gasteiger partial charge in [-0.1, -0.05) is 45.7 Å². The number of rotatable bonds is 3. The molecular formula is C15H14BrClFN. The quantitative estimate of drug-likeness (QED) is 0.840. The summed E-state index contributed by atoms with van der Waals surface area (Å²) in [6.07, 6.45) is 0. The molecule has 0 radical (unpaired) electrons. The Morgan fingerprint density at radius 2 is 1.84 bits per heavy atom. The molecule has 1 atom stereocenters. The van der Waals surface area contributed by atoms with Crippen LogP contribution in [0, 0.1) is 12.7 Å². The molecule has 100 valence electrons. The molecular weight excluding hydrogens is 329 g/mol. The van der Waals surface area contributed by atoms with Gasteiger partial charge < -0.3 is 5.32 Å². The molecule has 0 aromatic heterocycles. The maximum absolute atomic E-state index is 14.0. The van der Waals surface area contributed by atoms with Crippen molar-refractivity contribution >= 4 is 27.5 Å². The van der Waals surface area contributed by atoms with E-state index in [1.54, 1.807) is 12.1 Å². The summed E-state index contributed by atoms with van der Waals surface area (Å²) in [6, 6.07) is 10.6. The Balaban J connectivity index is 2.50. The first-order valence-electron chi connectivity index (χ1n) is 5.91. The highest BCUT2D eigenvalue weighted by Gasteiger charge is 2.18. The summed E-state index contributed by atoms with van der Waals surface area (Å²) in [4.78, 5) is 0. The lowest BCUT2D eigenvalue weighted by molar-refractivity contribution is 0.575. The molecule has 4 heteroatoms. The molecule has 0 heterocycles. The van der Waals surface area contributed by atoms with Crippen molar-refractivity contribution in [3.8, 4) is 0 Å². The average Bonchev–Trinajstić information content (AvgIpc) is 2.34. The minimum Gasteiger partial charge on any atom is -0.309 e. The summed E-state index contributed by atoms with van der Waals surface area (Å²) in [5.74, 6) is -0.306. The summed E-state index contributed by atoms with van der Waals surface area (Å²) in [5, 5.41) is 3.54. The lowest BCUT2D eigenvalue weighted by Crippen LogP contribution is -2.19. The molecule has 0 fully saturated rings. The summed E-state index contributed by atoms with van der Waals surface area (Å²) in [7, 11) is 1.81. The van der Waals surface area contributed by atoms with Crippen molar-refractivity contribution in [2.24, 2.45) is 0 Å². The Bertz CT molecular complexity index is 549. The van der Waals surface area contributed by atoms with Crippen molar-refractivity contribution in [2.75, 3.05) is 7.05 Å². The smallest absolute Gasteiger partial charge is 0.129 e. The Kier molecular flexibility index (Phi) is 4.61. The second-order valence-electron chi connectivity index (χ2n) is 4.41. The van der Waals surface area contributed by atoms with Crippen LogP contribution in [0.25, 0.3) is 0 Å². The summed E-state index contributed by atoms with van der Waals surface area (Å²) in [5.41, 5.74) is 2.73. The zero-order chi connectivity index (χ0) is 14.0. The Morgan fingerprint density at radius 1 is 1.16 bits per heavy atom. The summed E-state index contributed by atoms with van der Waals surface area (Å²) < 4.78 is 15.0. The Morgan fingerprint density at radius 3 is 2.42 bits per heavy atom. The second kappa shape index (κ2) is 6.04. The second-order valence-corrected chi connectivity index (χ2v) is 5.70. The van der Waals surface area contributed by atoms with Crippen LogP contribution in [0.1, 0.15) is 22.7 Å². The van der Waals surface area contributed by atoms with E-state index >= 15 is 0 Å². The number of benzene rings is 2. The Labute approximate surface area is 125 Å². The molecule has 0 aliphatic heterocycles. The highest BCUT2D eigenvalue weighted by molar-refractivity contribution is 9.10. The molecule has 19 heavy (non-hydrogen) atoms. The van der Waals surface area contributed by atoms with Crippen molar-refractivity contribution in [1.82, 2.24) is 5.32 Å². The van der Waals surface area contributed by atoms with Crippen LogP contribution in [0.5, 0.6) is 0 Å². The molecule has 0 amide bonds. The van der Waals surface area contributed by atoms with E-state index in [0.29, 0.717) is 10.6 Å². The van der Waals surface area contributed by atoms with Gasteiger partial charge in [0.1, 0.15) is 5.82 Å². The molecule has 0 aliphatic carbocycles. The van der Waals surface area contributed by atoms with Crippen LogP contribution >= 0.6 is 27.5 Å². The van der Waals surface area contributed by atoms with Gasteiger partial charge in [0.2, 0.25) is 0 Å². The van der Waals surface area contributed by atoms with E-state index in [1.165, 1.54) is 6.07 Å². The molecule has 2 aromatic carbocycles. The largest absolute Gasteiger partial charge is 0.309 e. The molecule has 0 spiro atoms. The van der Waals surface area contributed by atoms with Crippen LogP contribution in [-0.4, -0.2) is 7.05 Å². The standard InChI is InChI=1S/C15H14BrClFN/c1-9-3-5-11(13(16)7-9)15(19-2)12-6-4-10(17)8-14(12)18/h3-8,15,19H,1-2H3. The monoisotopic (exact) mass is 341 g/mol. The number of hydrogen-bond acceptors (Lipinski definition) is 1. The van der Waals surface area contributed by atoms with E-state index in [1.807, 2.05) is 32.2 Å². The van der Waals surface area contributed by atoms with Gasteiger partial charge in [0.05, 0.1) is 6.04 Å². The number of hydrogen-bond donors (Lipinski definition) is 1.